The molecule has 0 radical (unpaired) electrons. The van der Waals surface area contributed by atoms with Crippen molar-refractivity contribution in [1.82, 2.24) is 4.90 Å². The van der Waals surface area contributed by atoms with E-state index in [4.69, 9.17) is 4.74 Å². The molecule has 2 bridgehead atoms. The SMILES string of the molecule is CN1C2CCC1CC(OC(=O)c1ccc(O)cc1)C2.Cl. The molecule has 2 aliphatic heterocycles. The summed E-state index contributed by atoms with van der Waals surface area (Å²) in [5.41, 5.74) is 0.504. The first kappa shape index (κ1) is 15.1. The molecule has 1 aromatic carbocycles. The van der Waals surface area contributed by atoms with Crippen molar-refractivity contribution in [3.8, 4) is 5.75 Å². The van der Waals surface area contributed by atoms with Gasteiger partial charge in [0.2, 0.25) is 0 Å². The van der Waals surface area contributed by atoms with Gasteiger partial charge in [0.15, 0.2) is 0 Å². The maximum atomic E-state index is 12.0. The van der Waals surface area contributed by atoms with Crippen LogP contribution < -0.4 is 0 Å². The van der Waals surface area contributed by atoms with Gasteiger partial charge in [-0.05, 0) is 44.2 Å². The van der Waals surface area contributed by atoms with Gasteiger partial charge in [0.1, 0.15) is 11.9 Å². The van der Waals surface area contributed by atoms with E-state index in [1.807, 2.05) is 0 Å². The second kappa shape index (κ2) is 6.02. The summed E-state index contributed by atoms with van der Waals surface area (Å²) in [6, 6.07) is 7.35. The fraction of sp³-hybridized carbons (Fsp3) is 0.533. The van der Waals surface area contributed by atoms with Gasteiger partial charge in [-0.25, -0.2) is 4.79 Å². The van der Waals surface area contributed by atoms with E-state index in [1.165, 1.54) is 25.0 Å². The Morgan fingerprint density at radius 2 is 1.75 bits per heavy atom. The third kappa shape index (κ3) is 2.91. The summed E-state index contributed by atoms with van der Waals surface area (Å²) in [6.45, 7) is 0. The van der Waals surface area contributed by atoms with Crippen molar-refractivity contribution in [3.05, 3.63) is 29.8 Å². The second-order valence-corrected chi connectivity index (χ2v) is 5.60. The number of aromatic hydroxyl groups is 1. The number of phenolic OH excluding ortho intramolecular Hbond substituents is 1. The van der Waals surface area contributed by atoms with Gasteiger partial charge >= 0.3 is 5.97 Å². The van der Waals surface area contributed by atoms with Crippen LogP contribution >= 0.6 is 12.4 Å². The minimum atomic E-state index is -0.283. The van der Waals surface area contributed by atoms with Gasteiger partial charge in [-0.2, -0.15) is 0 Å². The molecule has 2 aliphatic rings. The van der Waals surface area contributed by atoms with Crippen LogP contribution in [0.25, 0.3) is 0 Å². The van der Waals surface area contributed by atoms with Crippen molar-refractivity contribution in [1.29, 1.82) is 0 Å². The van der Waals surface area contributed by atoms with Crippen LogP contribution in [0, 0.1) is 0 Å². The van der Waals surface area contributed by atoms with Gasteiger partial charge in [0.25, 0.3) is 0 Å². The number of hydrogen-bond donors (Lipinski definition) is 1. The van der Waals surface area contributed by atoms with Crippen LogP contribution in [0.1, 0.15) is 36.0 Å². The molecular formula is C15H20ClNO3. The maximum Gasteiger partial charge on any atom is 0.338 e. The zero-order valence-electron chi connectivity index (χ0n) is 11.5. The van der Waals surface area contributed by atoms with Gasteiger partial charge in [-0.15, -0.1) is 12.4 Å². The smallest absolute Gasteiger partial charge is 0.338 e. The molecule has 20 heavy (non-hydrogen) atoms. The van der Waals surface area contributed by atoms with E-state index in [1.54, 1.807) is 12.1 Å². The van der Waals surface area contributed by atoms with Crippen molar-refractivity contribution in [2.45, 2.75) is 43.9 Å². The van der Waals surface area contributed by atoms with Crippen LogP contribution in [0.2, 0.25) is 0 Å². The molecule has 2 saturated heterocycles. The number of rotatable bonds is 2. The highest BCUT2D eigenvalue weighted by molar-refractivity contribution is 5.89. The van der Waals surface area contributed by atoms with Crippen LogP contribution in [-0.4, -0.2) is 41.2 Å². The monoisotopic (exact) mass is 297 g/mol. The average molecular weight is 298 g/mol. The minimum absolute atomic E-state index is 0. The van der Waals surface area contributed by atoms with Crippen LogP contribution in [0.5, 0.6) is 5.75 Å². The molecule has 3 rings (SSSR count). The Morgan fingerprint density at radius 3 is 2.30 bits per heavy atom. The number of ether oxygens (including phenoxy) is 1. The highest BCUT2D eigenvalue weighted by atomic mass is 35.5. The summed E-state index contributed by atoms with van der Waals surface area (Å²) >= 11 is 0. The second-order valence-electron chi connectivity index (χ2n) is 5.60. The first-order valence-electron chi connectivity index (χ1n) is 6.85. The first-order valence-corrected chi connectivity index (χ1v) is 6.85. The summed E-state index contributed by atoms with van der Waals surface area (Å²) < 4.78 is 5.60. The molecule has 2 unspecified atom stereocenters. The summed E-state index contributed by atoms with van der Waals surface area (Å²) in [5, 5.41) is 9.21. The van der Waals surface area contributed by atoms with Crippen LogP contribution in [0.3, 0.4) is 0 Å². The largest absolute Gasteiger partial charge is 0.508 e. The fourth-order valence-corrected chi connectivity index (χ4v) is 3.27. The molecule has 0 saturated carbocycles. The van der Waals surface area contributed by atoms with Crippen LogP contribution in [0.4, 0.5) is 0 Å². The highest BCUT2D eigenvalue weighted by Crippen LogP contribution is 2.35. The molecule has 4 nitrogen and oxygen atoms in total. The minimum Gasteiger partial charge on any atom is -0.508 e. The Labute approximate surface area is 125 Å². The Morgan fingerprint density at radius 1 is 1.20 bits per heavy atom. The van der Waals surface area contributed by atoms with E-state index in [0.29, 0.717) is 17.6 Å². The number of nitrogens with zero attached hydrogens (tertiary/aromatic N) is 1. The molecule has 1 N–H and O–H groups in total. The summed E-state index contributed by atoms with van der Waals surface area (Å²) in [6.07, 6.45) is 4.35. The number of esters is 1. The fourth-order valence-electron chi connectivity index (χ4n) is 3.27. The van der Waals surface area contributed by atoms with E-state index >= 15 is 0 Å². The lowest BCUT2D eigenvalue weighted by Crippen LogP contribution is -2.43. The lowest BCUT2D eigenvalue weighted by molar-refractivity contribution is -0.000447. The maximum absolute atomic E-state index is 12.0. The molecule has 2 fully saturated rings. The molecule has 110 valence electrons. The van der Waals surface area contributed by atoms with E-state index in [-0.39, 0.29) is 30.2 Å². The van der Waals surface area contributed by atoms with E-state index < -0.39 is 0 Å². The van der Waals surface area contributed by atoms with Crippen LogP contribution in [0.15, 0.2) is 24.3 Å². The zero-order chi connectivity index (χ0) is 13.4. The number of carbonyl (C=O) groups is 1. The topological polar surface area (TPSA) is 49.8 Å². The lowest BCUT2D eigenvalue weighted by atomic mass is 10.0. The van der Waals surface area contributed by atoms with Gasteiger partial charge < -0.3 is 14.7 Å². The predicted molar refractivity (Wildman–Crippen MR) is 78.4 cm³/mol. The molecule has 2 atom stereocenters. The van der Waals surface area contributed by atoms with Crippen molar-refractivity contribution >= 4 is 18.4 Å². The van der Waals surface area contributed by atoms with Gasteiger partial charge in [-0.1, -0.05) is 0 Å². The van der Waals surface area contributed by atoms with E-state index in [0.717, 1.165) is 12.8 Å². The number of carbonyl (C=O) groups excluding carboxylic acids is 1. The number of piperidine rings is 1. The molecule has 1 aromatic rings. The number of phenols is 1. The normalized spacial score (nSPS) is 28.8. The molecular weight excluding hydrogens is 278 g/mol. The third-order valence-corrected chi connectivity index (χ3v) is 4.43. The molecule has 0 aromatic heterocycles. The Hall–Kier alpha value is -1.26. The molecule has 0 amide bonds. The van der Waals surface area contributed by atoms with Gasteiger partial charge in [0, 0.05) is 24.9 Å². The Kier molecular flexibility index (Phi) is 4.55. The van der Waals surface area contributed by atoms with E-state index in [2.05, 4.69) is 11.9 Å². The molecule has 5 heteroatoms. The van der Waals surface area contributed by atoms with Crippen molar-refractivity contribution < 1.29 is 14.6 Å². The van der Waals surface area contributed by atoms with Crippen molar-refractivity contribution in [2.24, 2.45) is 0 Å². The predicted octanol–water partition coefficient (Wildman–Crippen LogP) is 2.60. The first-order chi connectivity index (χ1) is 9.13. The standard InChI is InChI=1S/C15H19NO3.ClH/c1-16-11-4-5-12(16)9-14(8-11)19-15(18)10-2-6-13(17)7-3-10;/h2-3,6-7,11-12,14,17H,4-5,8-9H2,1H3;1H. The highest BCUT2D eigenvalue weighted by Gasteiger charge is 2.39. The lowest BCUT2D eigenvalue weighted by Gasteiger charge is -2.35. The Balaban J connectivity index is 0.00000147. The zero-order valence-corrected chi connectivity index (χ0v) is 12.3. The quantitative estimate of drug-likeness (QED) is 0.853. The van der Waals surface area contributed by atoms with Crippen molar-refractivity contribution in [2.75, 3.05) is 7.05 Å². The number of fused-ring (bicyclic) bond motifs is 2. The van der Waals surface area contributed by atoms with Gasteiger partial charge in [-0.3, -0.25) is 0 Å². The number of benzene rings is 1. The number of hydrogen-bond acceptors (Lipinski definition) is 4. The Bertz CT molecular complexity index is 463. The average Bonchev–Trinajstić information content (AvgIpc) is 2.63. The van der Waals surface area contributed by atoms with Gasteiger partial charge in [0.05, 0.1) is 5.56 Å². The van der Waals surface area contributed by atoms with E-state index in [9.17, 15) is 9.90 Å². The van der Waals surface area contributed by atoms with Crippen molar-refractivity contribution in [3.63, 3.8) is 0 Å². The molecule has 2 heterocycles. The molecule has 0 aliphatic carbocycles. The summed E-state index contributed by atoms with van der Waals surface area (Å²) in [7, 11) is 2.17. The van der Waals surface area contributed by atoms with Crippen LogP contribution in [-0.2, 0) is 4.74 Å². The third-order valence-electron chi connectivity index (χ3n) is 4.43. The number of halogens is 1. The molecule has 0 spiro atoms. The summed E-state index contributed by atoms with van der Waals surface area (Å²) in [5.74, 6) is -0.122. The summed E-state index contributed by atoms with van der Waals surface area (Å²) in [4.78, 5) is 14.4.